The SMILES string of the molecule is C=CCn1c(COc2cccc(C)c2)nnc1SCC(=O)Nc1sc2c(c1C(=O)OC(C)C)CCCC2. The zero-order chi connectivity index (χ0) is 26.4. The number of carbonyl (C=O) groups excluding carboxylic acids is 2. The number of anilines is 1. The molecule has 0 bridgehead atoms. The van der Waals surface area contributed by atoms with Crippen LogP contribution in [0.2, 0.25) is 0 Å². The summed E-state index contributed by atoms with van der Waals surface area (Å²) in [6, 6.07) is 7.81. The second kappa shape index (κ2) is 12.4. The molecular formula is C27H32N4O4S2. The third kappa shape index (κ3) is 6.81. The van der Waals surface area contributed by atoms with Gasteiger partial charge in [-0.2, -0.15) is 0 Å². The van der Waals surface area contributed by atoms with Gasteiger partial charge in [-0.05, 0) is 69.7 Å². The fourth-order valence-corrected chi connectivity index (χ4v) is 6.19. The Kier molecular flexibility index (Phi) is 9.04. The highest BCUT2D eigenvalue weighted by molar-refractivity contribution is 7.99. The number of ether oxygens (including phenoxy) is 2. The maximum atomic E-state index is 12.9. The maximum Gasteiger partial charge on any atom is 0.341 e. The number of hydrogen-bond donors (Lipinski definition) is 1. The Balaban J connectivity index is 1.43. The van der Waals surface area contributed by atoms with Crippen molar-refractivity contribution in [1.82, 2.24) is 14.8 Å². The molecule has 0 aliphatic heterocycles. The summed E-state index contributed by atoms with van der Waals surface area (Å²) in [5, 5.41) is 12.7. The van der Waals surface area contributed by atoms with Gasteiger partial charge in [-0.1, -0.05) is 30.0 Å². The number of esters is 1. The predicted molar refractivity (Wildman–Crippen MR) is 147 cm³/mol. The van der Waals surface area contributed by atoms with Crippen LogP contribution in [-0.4, -0.2) is 38.5 Å². The number of carbonyl (C=O) groups is 2. The second-order valence-corrected chi connectivity index (χ2v) is 11.2. The number of nitrogens with one attached hydrogen (secondary N) is 1. The van der Waals surface area contributed by atoms with E-state index in [9.17, 15) is 9.59 Å². The minimum Gasteiger partial charge on any atom is -0.486 e. The minimum atomic E-state index is -0.374. The van der Waals surface area contributed by atoms with Gasteiger partial charge in [-0.15, -0.1) is 28.1 Å². The third-order valence-electron chi connectivity index (χ3n) is 5.77. The van der Waals surface area contributed by atoms with E-state index in [1.54, 1.807) is 6.08 Å². The molecule has 4 rings (SSSR count). The maximum absolute atomic E-state index is 12.9. The van der Waals surface area contributed by atoms with Crippen LogP contribution in [0.5, 0.6) is 5.75 Å². The van der Waals surface area contributed by atoms with Crippen LogP contribution in [0.1, 0.15) is 58.9 Å². The van der Waals surface area contributed by atoms with Crippen molar-refractivity contribution < 1.29 is 19.1 Å². The van der Waals surface area contributed by atoms with E-state index >= 15 is 0 Å². The molecule has 1 aliphatic carbocycles. The Morgan fingerprint density at radius 1 is 1.27 bits per heavy atom. The van der Waals surface area contributed by atoms with Gasteiger partial charge in [0, 0.05) is 11.4 Å². The lowest BCUT2D eigenvalue weighted by molar-refractivity contribution is -0.113. The largest absolute Gasteiger partial charge is 0.486 e. The summed E-state index contributed by atoms with van der Waals surface area (Å²) < 4.78 is 13.3. The molecule has 0 spiro atoms. The number of nitrogens with zero attached hydrogens (tertiary/aromatic N) is 3. The number of aryl methyl sites for hydroxylation is 2. The molecule has 1 amide bonds. The lowest BCUT2D eigenvalue weighted by Crippen LogP contribution is -2.19. The number of thiophene rings is 1. The number of thioether (sulfide) groups is 1. The van der Waals surface area contributed by atoms with Crippen LogP contribution in [0.25, 0.3) is 0 Å². The van der Waals surface area contributed by atoms with Gasteiger partial charge >= 0.3 is 5.97 Å². The highest BCUT2D eigenvalue weighted by Gasteiger charge is 2.28. The molecule has 0 unspecified atom stereocenters. The molecule has 1 N–H and O–H groups in total. The Bertz CT molecular complexity index is 1280. The van der Waals surface area contributed by atoms with E-state index in [4.69, 9.17) is 9.47 Å². The molecule has 1 aromatic carbocycles. The molecule has 10 heteroatoms. The van der Waals surface area contributed by atoms with Crippen LogP contribution in [0.3, 0.4) is 0 Å². The van der Waals surface area contributed by atoms with Gasteiger partial charge in [0.2, 0.25) is 5.91 Å². The van der Waals surface area contributed by atoms with E-state index in [2.05, 4.69) is 22.1 Å². The summed E-state index contributed by atoms with van der Waals surface area (Å²) >= 11 is 2.76. The summed E-state index contributed by atoms with van der Waals surface area (Å²) in [6.45, 7) is 10.2. The Morgan fingerprint density at radius 3 is 2.84 bits per heavy atom. The molecule has 0 radical (unpaired) electrons. The van der Waals surface area contributed by atoms with Crippen molar-refractivity contribution in [3.63, 3.8) is 0 Å². The Labute approximate surface area is 225 Å². The topological polar surface area (TPSA) is 95.3 Å². The smallest absolute Gasteiger partial charge is 0.341 e. The fourth-order valence-electron chi connectivity index (χ4n) is 4.13. The molecule has 0 saturated heterocycles. The number of allylic oxidation sites excluding steroid dienone is 1. The number of aromatic nitrogens is 3. The fraction of sp³-hybridized carbons (Fsp3) is 0.407. The van der Waals surface area contributed by atoms with E-state index in [-0.39, 0.29) is 30.3 Å². The van der Waals surface area contributed by atoms with Gasteiger partial charge in [0.15, 0.2) is 11.0 Å². The number of rotatable bonds is 11. The molecule has 1 aliphatic rings. The van der Waals surface area contributed by atoms with E-state index in [0.717, 1.165) is 47.4 Å². The average Bonchev–Trinajstić information content (AvgIpc) is 3.41. The molecule has 0 saturated carbocycles. The van der Waals surface area contributed by atoms with E-state index in [1.165, 1.54) is 23.1 Å². The first-order valence-corrected chi connectivity index (χ1v) is 14.2. The van der Waals surface area contributed by atoms with Crippen LogP contribution >= 0.6 is 23.1 Å². The van der Waals surface area contributed by atoms with Crippen molar-refractivity contribution in [1.29, 1.82) is 0 Å². The second-order valence-electron chi connectivity index (χ2n) is 9.11. The molecule has 3 aromatic rings. The van der Waals surface area contributed by atoms with Crippen LogP contribution in [0.4, 0.5) is 5.00 Å². The van der Waals surface area contributed by atoms with Crippen LogP contribution in [0.15, 0.2) is 42.1 Å². The summed E-state index contributed by atoms with van der Waals surface area (Å²) in [5.41, 5.74) is 2.64. The van der Waals surface area contributed by atoms with E-state index < -0.39 is 0 Å². The quantitative estimate of drug-likeness (QED) is 0.192. The monoisotopic (exact) mass is 540 g/mol. The van der Waals surface area contributed by atoms with Crippen molar-refractivity contribution in [3.8, 4) is 5.75 Å². The Hall–Kier alpha value is -3.11. The average molecular weight is 541 g/mol. The van der Waals surface area contributed by atoms with Crippen molar-refractivity contribution >= 4 is 40.0 Å². The lowest BCUT2D eigenvalue weighted by Gasteiger charge is -2.14. The third-order valence-corrected chi connectivity index (χ3v) is 7.94. The summed E-state index contributed by atoms with van der Waals surface area (Å²) in [5.74, 6) is 0.935. The first-order valence-electron chi connectivity index (χ1n) is 12.4. The standard InChI is InChI=1S/C27H32N4O4S2/c1-5-13-31-22(15-34-19-10-8-9-18(4)14-19)29-30-27(31)36-16-23(32)28-25-24(26(33)35-17(2)3)20-11-6-7-12-21(20)37-25/h5,8-10,14,17H,1,6-7,11-13,15-16H2,2-4H3,(H,28,32). The normalized spacial score (nSPS) is 12.8. The molecule has 2 aromatic heterocycles. The van der Waals surface area contributed by atoms with Crippen LogP contribution in [0, 0.1) is 6.92 Å². The molecule has 0 atom stereocenters. The van der Waals surface area contributed by atoms with Gasteiger partial charge in [0.1, 0.15) is 17.4 Å². The minimum absolute atomic E-state index is 0.120. The van der Waals surface area contributed by atoms with Crippen molar-refractivity contribution in [2.45, 2.75) is 70.9 Å². The molecule has 196 valence electrons. The molecule has 0 fully saturated rings. The summed E-state index contributed by atoms with van der Waals surface area (Å²) in [4.78, 5) is 27.0. The van der Waals surface area contributed by atoms with Gasteiger partial charge in [0.25, 0.3) is 0 Å². The van der Waals surface area contributed by atoms with Crippen molar-refractivity contribution in [2.75, 3.05) is 11.1 Å². The van der Waals surface area contributed by atoms with Crippen LogP contribution in [-0.2, 0) is 35.5 Å². The van der Waals surface area contributed by atoms with E-state index in [1.807, 2.05) is 49.6 Å². The first kappa shape index (κ1) is 26.9. The molecule has 37 heavy (non-hydrogen) atoms. The first-order chi connectivity index (χ1) is 17.9. The van der Waals surface area contributed by atoms with Gasteiger partial charge in [-0.3, -0.25) is 9.36 Å². The Morgan fingerprint density at radius 2 is 2.08 bits per heavy atom. The van der Waals surface area contributed by atoms with Crippen molar-refractivity contribution in [3.05, 3.63) is 64.3 Å². The van der Waals surface area contributed by atoms with Gasteiger partial charge < -0.3 is 14.8 Å². The predicted octanol–water partition coefficient (Wildman–Crippen LogP) is 5.59. The molecule has 2 heterocycles. The number of fused-ring (bicyclic) bond motifs is 1. The van der Waals surface area contributed by atoms with Gasteiger partial charge in [-0.25, -0.2) is 4.79 Å². The number of benzene rings is 1. The summed E-state index contributed by atoms with van der Waals surface area (Å²) in [7, 11) is 0. The van der Waals surface area contributed by atoms with Crippen molar-refractivity contribution in [2.24, 2.45) is 0 Å². The molecular weight excluding hydrogens is 508 g/mol. The lowest BCUT2D eigenvalue weighted by atomic mass is 9.95. The van der Waals surface area contributed by atoms with Gasteiger partial charge in [0.05, 0.1) is 17.4 Å². The van der Waals surface area contributed by atoms with E-state index in [0.29, 0.717) is 28.1 Å². The van der Waals surface area contributed by atoms with Crippen LogP contribution < -0.4 is 10.1 Å². The number of amides is 1. The zero-order valence-electron chi connectivity index (χ0n) is 21.4. The highest BCUT2D eigenvalue weighted by Crippen LogP contribution is 2.39. The molecule has 8 nitrogen and oxygen atoms in total. The number of hydrogen-bond acceptors (Lipinski definition) is 8. The zero-order valence-corrected chi connectivity index (χ0v) is 23.0. The summed E-state index contributed by atoms with van der Waals surface area (Å²) in [6.07, 6.45) is 5.40. The highest BCUT2D eigenvalue weighted by atomic mass is 32.2.